The van der Waals surface area contributed by atoms with Crippen LogP contribution >= 0.6 is 0 Å². The third-order valence-corrected chi connectivity index (χ3v) is 3.29. The molecule has 0 saturated carbocycles. The molecule has 0 unspecified atom stereocenters. The van der Waals surface area contributed by atoms with Crippen molar-refractivity contribution in [2.45, 2.75) is 0 Å². The minimum absolute atomic E-state index is 0.387. The van der Waals surface area contributed by atoms with Crippen molar-refractivity contribution in [2.75, 3.05) is 5.73 Å². The number of fused-ring (bicyclic) bond motifs is 3. The van der Waals surface area contributed by atoms with Gasteiger partial charge in [0.25, 0.3) is 0 Å². The Hall–Kier alpha value is -2.95. The summed E-state index contributed by atoms with van der Waals surface area (Å²) in [6.45, 7) is 0. The van der Waals surface area contributed by atoms with E-state index in [4.69, 9.17) is 5.73 Å². The van der Waals surface area contributed by atoms with Gasteiger partial charge in [0.15, 0.2) is 11.6 Å². The second kappa shape index (κ2) is 4.03. The molecule has 20 heavy (non-hydrogen) atoms. The molecule has 0 amide bonds. The van der Waals surface area contributed by atoms with E-state index >= 15 is 0 Å². The van der Waals surface area contributed by atoms with Crippen molar-refractivity contribution in [2.24, 2.45) is 0 Å². The highest BCUT2D eigenvalue weighted by Gasteiger charge is 2.13. The van der Waals surface area contributed by atoms with E-state index in [0.717, 1.165) is 22.4 Å². The Morgan fingerprint density at radius 1 is 0.850 bits per heavy atom. The molecule has 96 valence electrons. The lowest BCUT2D eigenvalue weighted by molar-refractivity contribution is 1.12. The molecule has 2 N–H and O–H groups in total. The number of hydrogen-bond acceptors (Lipinski definition) is 4. The number of aromatic nitrogens is 4. The van der Waals surface area contributed by atoms with E-state index in [0.29, 0.717) is 11.5 Å². The van der Waals surface area contributed by atoms with Crippen molar-refractivity contribution in [3.05, 3.63) is 54.6 Å². The highest BCUT2D eigenvalue weighted by molar-refractivity contribution is 5.84. The number of para-hydroxylation sites is 2. The van der Waals surface area contributed by atoms with Gasteiger partial charge in [0, 0.05) is 5.56 Å². The van der Waals surface area contributed by atoms with Crippen LogP contribution in [-0.4, -0.2) is 19.6 Å². The number of nitrogens with zero attached hydrogens (tertiary/aromatic N) is 4. The Morgan fingerprint density at radius 2 is 1.60 bits per heavy atom. The average molecular weight is 261 g/mol. The molecule has 5 heteroatoms. The number of nitrogen functional groups attached to an aromatic ring is 1. The van der Waals surface area contributed by atoms with Crippen LogP contribution in [0.15, 0.2) is 54.6 Å². The first-order valence-corrected chi connectivity index (χ1v) is 6.29. The molecular weight excluding hydrogens is 250 g/mol. The van der Waals surface area contributed by atoms with E-state index in [1.165, 1.54) is 0 Å². The summed E-state index contributed by atoms with van der Waals surface area (Å²) >= 11 is 0. The van der Waals surface area contributed by atoms with Crippen molar-refractivity contribution >= 4 is 22.5 Å². The fourth-order valence-corrected chi connectivity index (χ4v) is 2.38. The Balaban J connectivity index is 2.19. The van der Waals surface area contributed by atoms with Crippen LogP contribution in [0, 0.1) is 0 Å². The van der Waals surface area contributed by atoms with Crippen molar-refractivity contribution in [1.29, 1.82) is 0 Å². The maximum atomic E-state index is 5.98. The summed E-state index contributed by atoms with van der Waals surface area (Å²) in [5.41, 5.74) is 9.33. The predicted molar refractivity (Wildman–Crippen MR) is 78.1 cm³/mol. The summed E-state index contributed by atoms with van der Waals surface area (Å²) < 4.78 is 1.95. The summed E-state index contributed by atoms with van der Waals surface area (Å²) in [4.78, 5) is 4.37. The molecule has 2 aromatic carbocycles. The van der Waals surface area contributed by atoms with E-state index in [1.54, 1.807) is 0 Å². The van der Waals surface area contributed by atoms with Gasteiger partial charge in [-0.2, -0.15) is 0 Å². The van der Waals surface area contributed by atoms with Crippen molar-refractivity contribution < 1.29 is 0 Å². The van der Waals surface area contributed by atoms with Crippen LogP contribution in [0.4, 0.5) is 5.82 Å². The lowest BCUT2D eigenvalue weighted by atomic mass is 10.2. The minimum atomic E-state index is 0.387. The first kappa shape index (κ1) is 10.9. The summed E-state index contributed by atoms with van der Waals surface area (Å²) in [7, 11) is 0. The highest BCUT2D eigenvalue weighted by Crippen LogP contribution is 2.24. The first-order valence-electron chi connectivity index (χ1n) is 6.29. The molecule has 0 atom stereocenters. The van der Waals surface area contributed by atoms with Crippen LogP contribution in [0.5, 0.6) is 0 Å². The molecule has 0 fully saturated rings. The molecule has 0 saturated heterocycles. The summed E-state index contributed by atoms with van der Waals surface area (Å²) in [6, 6.07) is 17.8. The van der Waals surface area contributed by atoms with E-state index in [9.17, 15) is 0 Å². The zero-order valence-corrected chi connectivity index (χ0v) is 10.6. The topological polar surface area (TPSA) is 69.1 Å². The zero-order valence-electron chi connectivity index (χ0n) is 10.6. The molecule has 0 aliphatic rings. The van der Waals surface area contributed by atoms with Gasteiger partial charge in [0.1, 0.15) is 0 Å². The van der Waals surface area contributed by atoms with Crippen LogP contribution in [0.25, 0.3) is 28.1 Å². The Labute approximate surface area is 114 Å². The molecular formula is C15H11N5. The molecule has 0 spiro atoms. The van der Waals surface area contributed by atoms with Crippen molar-refractivity contribution in [3.63, 3.8) is 0 Å². The Bertz CT molecular complexity index is 912. The van der Waals surface area contributed by atoms with Crippen LogP contribution in [0.1, 0.15) is 0 Å². The van der Waals surface area contributed by atoms with Crippen LogP contribution in [0.3, 0.4) is 0 Å². The lowest BCUT2D eigenvalue weighted by Gasteiger charge is -2.05. The van der Waals surface area contributed by atoms with Crippen molar-refractivity contribution in [1.82, 2.24) is 19.6 Å². The third-order valence-electron chi connectivity index (χ3n) is 3.29. The zero-order chi connectivity index (χ0) is 13.5. The quantitative estimate of drug-likeness (QED) is 0.571. The van der Waals surface area contributed by atoms with Crippen molar-refractivity contribution in [3.8, 4) is 11.4 Å². The summed E-state index contributed by atoms with van der Waals surface area (Å²) in [6.07, 6.45) is 0. The fourth-order valence-electron chi connectivity index (χ4n) is 2.38. The Morgan fingerprint density at radius 3 is 2.45 bits per heavy atom. The SMILES string of the molecule is Nc1nc2ccccc2n2c(-c3ccccc3)nnc12. The minimum Gasteiger partial charge on any atom is -0.381 e. The second-order valence-corrected chi connectivity index (χ2v) is 4.53. The lowest BCUT2D eigenvalue weighted by Crippen LogP contribution is -1.99. The third kappa shape index (κ3) is 1.46. The van der Waals surface area contributed by atoms with Gasteiger partial charge in [0.05, 0.1) is 11.0 Å². The molecule has 4 rings (SSSR count). The maximum Gasteiger partial charge on any atom is 0.204 e. The Kier molecular flexibility index (Phi) is 2.20. The van der Waals surface area contributed by atoms with E-state index in [1.807, 2.05) is 59.0 Å². The average Bonchev–Trinajstić information content (AvgIpc) is 2.94. The molecule has 0 bridgehead atoms. The largest absolute Gasteiger partial charge is 0.381 e. The highest BCUT2D eigenvalue weighted by atomic mass is 15.3. The molecule has 0 radical (unpaired) electrons. The molecule has 0 aliphatic carbocycles. The smallest absolute Gasteiger partial charge is 0.204 e. The number of anilines is 1. The van der Waals surface area contributed by atoms with Gasteiger partial charge in [-0.1, -0.05) is 42.5 Å². The predicted octanol–water partition coefficient (Wildman–Crippen LogP) is 2.53. The van der Waals surface area contributed by atoms with Gasteiger partial charge < -0.3 is 5.73 Å². The van der Waals surface area contributed by atoms with Crippen LogP contribution in [0.2, 0.25) is 0 Å². The van der Waals surface area contributed by atoms with Gasteiger partial charge in [0.2, 0.25) is 5.65 Å². The normalized spacial score (nSPS) is 11.2. The van der Waals surface area contributed by atoms with Gasteiger partial charge >= 0.3 is 0 Å². The van der Waals surface area contributed by atoms with E-state index < -0.39 is 0 Å². The maximum absolute atomic E-state index is 5.98. The standard InChI is InChI=1S/C15H11N5/c16-13-15-19-18-14(10-6-2-1-3-7-10)20(15)12-9-5-4-8-11(12)17-13/h1-9H,(H2,16,17). The molecule has 2 aromatic heterocycles. The van der Waals surface area contributed by atoms with Gasteiger partial charge in [-0.3, -0.25) is 4.40 Å². The molecule has 5 nitrogen and oxygen atoms in total. The fraction of sp³-hybridized carbons (Fsp3) is 0. The van der Waals surface area contributed by atoms with Gasteiger partial charge in [-0.15, -0.1) is 10.2 Å². The number of nitrogens with two attached hydrogens (primary N) is 1. The number of rotatable bonds is 1. The first-order chi connectivity index (χ1) is 9.84. The second-order valence-electron chi connectivity index (χ2n) is 4.53. The van der Waals surface area contributed by atoms with Crippen LogP contribution in [-0.2, 0) is 0 Å². The molecule has 4 aromatic rings. The van der Waals surface area contributed by atoms with Gasteiger partial charge in [-0.05, 0) is 12.1 Å². The molecule has 0 aliphatic heterocycles. The molecule has 2 heterocycles. The van der Waals surface area contributed by atoms with E-state index in [2.05, 4.69) is 15.2 Å². The summed E-state index contributed by atoms with van der Waals surface area (Å²) in [5.74, 6) is 1.16. The summed E-state index contributed by atoms with van der Waals surface area (Å²) in [5, 5.41) is 8.44. The van der Waals surface area contributed by atoms with E-state index in [-0.39, 0.29) is 0 Å². The number of benzene rings is 2. The number of hydrogen-bond donors (Lipinski definition) is 1. The van der Waals surface area contributed by atoms with Crippen LogP contribution < -0.4 is 5.73 Å². The monoisotopic (exact) mass is 261 g/mol. The van der Waals surface area contributed by atoms with Gasteiger partial charge in [-0.25, -0.2) is 4.98 Å².